The zero-order valence-electron chi connectivity index (χ0n) is 17.1. The Morgan fingerprint density at radius 1 is 1.21 bits per heavy atom. The Morgan fingerprint density at radius 3 is 2.62 bits per heavy atom. The fourth-order valence-corrected chi connectivity index (χ4v) is 4.83. The Labute approximate surface area is 171 Å². The number of aryl methyl sites for hydroxylation is 1. The first-order valence-electron chi connectivity index (χ1n) is 10.4. The minimum Gasteiger partial charge on any atom is -0.349 e. The van der Waals surface area contributed by atoms with Crippen LogP contribution in [0.15, 0.2) is 34.9 Å². The van der Waals surface area contributed by atoms with Gasteiger partial charge in [0.25, 0.3) is 0 Å². The van der Waals surface area contributed by atoms with Crippen LogP contribution >= 0.6 is 0 Å². The summed E-state index contributed by atoms with van der Waals surface area (Å²) >= 11 is 0. The molecule has 2 aliphatic rings. The van der Waals surface area contributed by atoms with Crippen molar-refractivity contribution in [3.05, 3.63) is 36.2 Å². The number of hydrogen-bond acceptors (Lipinski definition) is 5. The van der Waals surface area contributed by atoms with Gasteiger partial charge in [-0.2, -0.15) is 4.98 Å². The molecule has 0 N–H and O–H groups in total. The average Bonchev–Trinajstić information content (AvgIpc) is 3.47. The largest absolute Gasteiger partial charge is 0.349 e. The summed E-state index contributed by atoms with van der Waals surface area (Å²) in [5.74, 6) is 1.12. The number of carbonyl (C=O) groups is 2. The predicted molar refractivity (Wildman–Crippen MR) is 108 cm³/mol. The summed E-state index contributed by atoms with van der Waals surface area (Å²) in [6.45, 7) is 1.21. The second-order valence-electron chi connectivity index (χ2n) is 8.51. The third-order valence-corrected chi connectivity index (χ3v) is 6.39. The lowest BCUT2D eigenvalue weighted by molar-refractivity contribution is -0.135. The topological polar surface area (TPSA) is 79.5 Å². The summed E-state index contributed by atoms with van der Waals surface area (Å²) < 4.78 is 5.32. The van der Waals surface area contributed by atoms with E-state index >= 15 is 0 Å². The van der Waals surface area contributed by atoms with E-state index < -0.39 is 0 Å². The van der Waals surface area contributed by atoms with Crippen LogP contribution in [0.25, 0.3) is 11.4 Å². The molecule has 7 nitrogen and oxygen atoms in total. The Bertz CT molecular complexity index is 871. The first-order chi connectivity index (χ1) is 14.0. The maximum absolute atomic E-state index is 12.9. The number of nitrogens with zero attached hydrogens (tertiary/aromatic N) is 4. The Balaban J connectivity index is 1.39. The SMILES string of the molecule is CN(C)C(=O)C1CN(C(=O)CCc2nc(-c3ccccc3)no2)CC12CCCC2. The zero-order valence-corrected chi connectivity index (χ0v) is 17.1. The minimum absolute atomic E-state index is 0.0397. The van der Waals surface area contributed by atoms with E-state index in [1.165, 1.54) is 0 Å². The summed E-state index contributed by atoms with van der Waals surface area (Å²) in [4.78, 5) is 33.6. The lowest BCUT2D eigenvalue weighted by atomic mass is 9.76. The average molecular weight is 396 g/mol. The fourth-order valence-electron chi connectivity index (χ4n) is 4.83. The molecule has 2 amide bonds. The van der Waals surface area contributed by atoms with Crippen molar-refractivity contribution in [3.63, 3.8) is 0 Å². The van der Waals surface area contributed by atoms with Gasteiger partial charge in [-0.25, -0.2) is 0 Å². The molecule has 2 fully saturated rings. The van der Waals surface area contributed by atoms with Crippen molar-refractivity contribution in [1.29, 1.82) is 0 Å². The summed E-state index contributed by atoms with van der Waals surface area (Å²) in [6.07, 6.45) is 5.08. The molecule has 2 aromatic rings. The van der Waals surface area contributed by atoms with Gasteiger partial charge in [0.05, 0.1) is 5.92 Å². The number of benzene rings is 1. The molecule has 154 valence electrons. The number of hydrogen-bond donors (Lipinski definition) is 0. The highest BCUT2D eigenvalue weighted by Crippen LogP contribution is 2.49. The van der Waals surface area contributed by atoms with E-state index in [0.29, 0.717) is 37.6 Å². The second kappa shape index (κ2) is 7.97. The van der Waals surface area contributed by atoms with Crippen molar-refractivity contribution in [2.75, 3.05) is 27.2 Å². The van der Waals surface area contributed by atoms with Crippen molar-refractivity contribution < 1.29 is 14.1 Å². The summed E-state index contributed by atoms with van der Waals surface area (Å²) in [5.41, 5.74) is 0.851. The molecule has 1 spiro atoms. The van der Waals surface area contributed by atoms with Crippen LogP contribution in [-0.4, -0.2) is 58.9 Å². The second-order valence-corrected chi connectivity index (χ2v) is 8.51. The van der Waals surface area contributed by atoms with Gasteiger partial charge in [0.2, 0.25) is 23.5 Å². The summed E-state index contributed by atoms with van der Waals surface area (Å²) in [7, 11) is 3.60. The lowest BCUT2D eigenvalue weighted by Gasteiger charge is -2.30. The Hall–Kier alpha value is -2.70. The number of rotatable bonds is 5. The summed E-state index contributed by atoms with van der Waals surface area (Å²) in [5, 5.41) is 4.01. The minimum atomic E-state index is -0.0861. The van der Waals surface area contributed by atoms with Crippen molar-refractivity contribution in [2.45, 2.75) is 38.5 Å². The maximum Gasteiger partial charge on any atom is 0.227 e. The molecule has 0 bridgehead atoms. The molecule has 1 aromatic heterocycles. The smallest absolute Gasteiger partial charge is 0.227 e. The van der Waals surface area contributed by atoms with Gasteiger partial charge in [-0.3, -0.25) is 9.59 Å². The van der Waals surface area contributed by atoms with Crippen LogP contribution < -0.4 is 0 Å². The highest BCUT2D eigenvalue weighted by Gasteiger charge is 2.52. The molecular formula is C22H28N4O3. The van der Waals surface area contributed by atoms with Crippen LogP contribution in [0.4, 0.5) is 0 Å². The third-order valence-electron chi connectivity index (χ3n) is 6.39. The maximum atomic E-state index is 12.9. The van der Waals surface area contributed by atoms with Gasteiger partial charge in [-0.15, -0.1) is 0 Å². The van der Waals surface area contributed by atoms with Crippen LogP contribution in [0.2, 0.25) is 0 Å². The van der Waals surface area contributed by atoms with E-state index in [-0.39, 0.29) is 23.1 Å². The summed E-state index contributed by atoms with van der Waals surface area (Å²) in [6, 6.07) is 9.63. The first kappa shape index (κ1) is 19.6. The number of likely N-dealkylation sites (tertiary alicyclic amines) is 1. The Kier molecular flexibility index (Phi) is 5.39. The van der Waals surface area contributed by atoms with Crippen molar-refractivity contribution in [3.8, 4) is 11.4 Å². The zero-order chi connectivity index (χ0) is 20.4. The van der Waals surface area contributed by atoms with Crippen LogP contribution in [0.3, 0.4) is 0 Å². The number of aromatic nitrogens is 2. The van der Waals surface area contributed by atoms with E-state index in [4.69, 9.17) is 4.52 Å². The number of carbonyl (C=O) groups excluding carboxylic acids is 2. The molecule has 1 atom stereocenters. The fraction of sp³-hybridized carbons (Fsp3) is 0.545. The molecule has 29 heavy (non-hydrogen) atoms. The van der Waals surface area contributed by atoms with E-state index in [1.54, 1.807) is 19.0 Å². The van der Waals surface area contributed by atoms with Gasteiger partial charge in [0.1, 0.15) is 0 Å². The molecule has 1 aliphatic heterocycles. The van der Waals surface area contributed by atoms with E-state index in [0.717, 1.165) is 31.2 Å². The van der Waals surface area contributed by atoms with Crippen LogP contribution in [-0.2, 0) is 16.0 Å². The number of amides is 2. The quantitative estimate of drug-likeness (QED) is 0.776. The van der Waals surface area contributed by atoms with Gasteiger partial charge in [0.15, 0.2) is 0 Å². The van der Waals surface area contributed by atoms with Gasteiger partial charge in [0, 0.05) is 51.0 Å². The van der Waals surface area contributed by atoms with Gasteiger partial charge < -0.3 is 14.3 Å². The van der Waals surface area contributed by atoms with Crippen molar-refractivity contribution in [2.24, 2.45) is 11.3 Å². The van der Waals surface area contributed by atoms with Crippen LogP contribution in [0, 0.1) is 11.3 Å². The molecule has 0 radical (unpaired) electrons. The first-order valence-corrected chi connectivity index (χ1v) is 10.4. The molecule has 1 unspecified atom stereocenters. The normalized spacial score (nSPS) is 20.3. The highest BCUT2D eigenvalue weighted by atomic mass is 16.5. The van der Waals surface area contributed by atoms with Crippen LogP contribution in [0.1, 0.15) is 38.0 Å². The molecular weight excluding hydrogens is 368 g/mol. The predicted octanol–water partition coefficient (Wildman–Crippen LogP) is 2.78. The molecule has 1 saturated carbocycles. The van der Waals surface area contributed by atoms with Gasteiger partial charge in [-0.05, 0) is 12.8 Å². The molecule has 2 heterocycles. The van der Waals surface area contributed by atoms with Gasteiger partial charge >= 0.3 is 0 Å². The van der Waals surface area contributed by atoms with Crippen LogP contribution in [0.5, 0.6) is 0 Å². The third kappa shape index (κ3) is 3.91. The molecule has 1 aromatic carbocycles. The van der Waals surface area contributed by atoms with Gasteiger partial charge in [-0.1, -0.05) is 48.3 Å². The van der Waals surface area contributed by atoms with E-state index in [9.17, 15) is 9.59 Å². The highest BCUT2D eigenvalue weighted by molar-refractivity contribution is 5.83. The van der Waals surface area contributed by atoms with E-state index in [1.807, 2.05) is 35.2 Å². The molecule has 1 saturated heterocycles. The van der Waals surface area contributed by atoms with Crippen molar-refractivity contribution >= 4 is 11.8 Å². The monoisotopic (exact) mass is 396 g/mol. The van der Waals surface area contributed by atoms with E-state index in [2.05, 4.69) is 10.1 Å². The Morgan fingerprint density at radius 2 is 1.93 bits per heavy atom. The van der Waals surface area contributed by atoms with Crippen molar-refractivity contribution in [1.82, 2.24) is 19.9 Å². The lowest BCUT2D eigenvalue weighted by Crippen LogP contribution is -2.39. The molecule has 7 heteroatoms. The molecule has 1 aliphatic carbocycles. The molecule has 4 rings (SSSR count). The standard InChI is InChI=1S/C22H28N4O3/c1-25(2)21(28)17-14-26(15-22(17)12-6-7-13-22)19(27)11-10-18-23-20(24-29-18)16-8-4-3-5-9-16/h3-5,8-9,17H,6-7,10-15H2,1-2H3.